The molecule has 0 atom stereocenters. The van der Waals surface area contributed by atoms with E-state index >= 15 is 0 Å². The van der Waals surface area contributed by atoms with Crippen molar-refractivity contribution in [3.63, 3.8) is 0 Å². The van der Waals surface area contributed by atoms with Crippen molar-refractivity contribution < 1.29 is 9.59 Å². The minimum atomic E-state index is -0.475. The van der Waals surface area contributed by atoms with E-state index < -0.39 is 5.91 Å². The van der Waals surface area contributed by atoms with Crippen molar-refractivity contribution in [2.24, 2.45) is 5.73 Å². The van der Waals surface area contributed by atoms with Crippen LogP contribution in [0.4, 0.5) is 0 Å². The number of hydrogen-bond donors (Lipinski definition) is 1. The molecule has 0 aliphatic carbocycles. The second-order valence-electron chi connectivity index (χ2n) is 6.06. The maximum absolute atomic E-state index is 12.9. The first-order valence-corrected chi connectivity index (χ1v) is 8.71. The fourth-order valence-corrected chi connectivity index (χ4v) is 2.49. The number of nitrogens with zero attached hydrogens (tertiary/aromatic N) is 3. The molecule has 0 unspecified atom stereocenters. The molecular formula is C19H24N4O3. The number of nitrogens with two attached hydrogens (primary N) is 1. The number of amides is 2. The van der Waals surface area contributed by atoms with Crippen molar-refractivity contribution in [1.29, 1.82) is 0 Å². The van der Waals surface area contributed by atoms with Crippen LogP contribution in [-0.4, -0.2) is 33.0 Å². The Morgan fingerprint density at radius 2 is 1.88 bits per heavy atom. The summed E-state index contributed by atoms with van der Waals surface area (Å²) >= 11 is 0. The maximum Gasteiger partial charge on any atom is 0.274 e. The highest BCUT2D eigenvalue weighted by Crippen LogP contribution is 2.09. The van der Waals surface area contributed by atoms with Gasteiger partial charge in [-0.05, 0) is 18.1 Å². The van der Waals surface area contributed by atoms with Crippen LogP contribution in [0.2, 0.25) is 0 Å². The normalized spacial score (nSPS) is 10.5. The van der Waals surface area contributed by atoms with Crippen molar-refractivity contribution in [2.75, 3.05) is 6.54 Å². The van der Waals surface area contributed by atoms with E-state index in [1.807, 2.05) is 37.3 Å². The minimum absolute atomic E-state index is 0.0635. The lowest BCUT2D eigenvalue weighted by Crippen LogP contribution is -2.35. The van der Waals surface area contributed by atoms with E-state index in [0.29, 0.717) is 13.1 Å². The van der Waals surface area contributed by atoms with Crippen LogP contribution in [0.1, 0.15) is 42.2 Å². The second kappa shape index (κ2) is 9.50. The van der Waals surface area contributed by atoms with Gasteiger partial charge in [0.1, 0.15) is 5.69 Å². The molecule has 7 nitrogen and oxygen atoms in total. The molecule has 0 spiro atoms. The highest BCUT2D eigenvalue weighted by atomic mass is 16.2. The van der Waals surface area contributed by atoms with Crippen molar-refractivity contribution in [3.05, 3.63) is 64.1 Å². The third-order valence-electron chi connectivity index (χ3n) is 3.94. The zero-order valence-corrected chi connectivity index (χ0v) is 14.9. The number of unbranched alkanes of at least 4 members (excludes halogenated alkanes) is 1. The quantitative estimate of drug-likeness (QED) is 0.737. The summed E-state index contributed by atoms with van der Waals surface area (Å²) in [6.45, 7) is 3.02. The highest BCUT2D eigenvalue weighted by molar-refractivity contribution is 5.92. The van der Waals surface area contributed by atoms with E-state index in [2.05, 4.69) is 5.10 Å². The van der Waals surface area contributed by atoms with Crippen molar-refractivity contribution in [1.82, 2.24) is 14.7 Å². The van der Waals surface area contributed by atoms with Crippen molar-refractivity contribution in [3.8, 4) is 0 Å². The van der Waals surface area contributed by atoms with E-state index in [-0.39, 0.29) is 30.1 Å². The van der Waals surface area contributed by atoms with Gasteiger partial charge in [0.25, 0.3) is 11.5 Å². The third kappa shape index (κ3) is 5.54. The fraction of sp³-hybridized carbons (Fsp3) is 0.368. The van der Waals surface area contributed by atoms with Gasteiger partial charge in [0.15, 0.2) is 0 Å². The first-order chi connectivity index (χ1) is 12.5. The van der Waals surface area contributed by atoms with E-state index in [4.69, 9.17) is 5.73 Å². The predicted octanol–water partition coefficient (Wildman–Crippen LogP) is 1.56. The van der Waals surface area contributed by atoms with Gasteiger partial charge in [0, 0.05) is 32.1 Å². The third-order valence-corrected chi connectivity index (χ3v) is 3.94. The van der Waals surface area contributed by atoms with Crippen LogP contribution in [0, 0.1) is 0 Å². The standard InChI is InChI=1S/C19H24N4O3/c1-2-3-12-23-18(25)10-9-16(21-23)19(26)22(13-11-17(20)24)14-15-7-5-4-6-8-15/h4-10H,2-3,11-14H2,1H3,(H2,20,24). The first kappa shape index (κ1) is 19.4. The molecule has 0 saturated carbocycles. The Labute approximate surface area is 152 Å². The summed E-state index contributed by atoms with van der Waals surface area (Å²) < 4.78 is 1.31. The lowest BCUT2D eigenvalue weighted by Gasteiger charge is -2.22. The predicted molar refractivity (Wildman–Crippen MR) is 98.4 cm³/mol. The fourth-order valence-electron chi connectivity index (χ4n) is 2.49. The van der Waals surface area contributed by atoms with Crippen molar-refractivity contribution in [2.45, 2.75) is 39.3 Å². The van der Waals surface area contributed by atoms with Crippen molar-refractivity contribution >= 4 is 11.8 Å². The molecule has 2 aromatic rings. The van der Waals surface area contributed by atoms with E-state index in [0.717, 1.165) is 18.4 Å². The van der Waals surface area contributed by atoms with Crippen LogP contribution in [0.25, 0.3) is 0 Å². The molecule has 138 valence electrons. The summed E-state index contributed by atoms with van der Waals surface area (Å²) in [6.07, 6.45) is 1.79. The molecule has 1 aromatic carbocycles. The molecule has 0 aliphatic heterocycles. The van der Waals surface area contributed by atoms with Crippen LogP contribution >= 0.6 is 0 Å². The summed E-state index contributed by atoms with van der Waals surface area (Å²) in [5.41, 5.74) is 6.12. The van der Waals surface area contributed by atoms with Gasteiger partial charge >= 0.3 is 0 Å². The molecule has 0 radical (unpaired) electrons. The average Bonchev–Trinajstić information content (AvgIpc) is 2.64. The summed E-state index contributed by atoms with van der Waals surface area (Å²) in [5, 5.41) is 4.20. The Morgan fingerprint density at radius 3 is 2.54 bits per heavy atom. The van der Waals surface area contributed by atoms with Crippen LogP contribution < -0.4 is 11.3 Å². The highest BCUT2D eigenvalue weighted by Gasteiger charge is 2.19. The number of aromatic nitrogens is 2. The molecule has 7 heteroatoms. The summed E-state index contributed by atoms with van der Waals surface area (Å²) in [4.78, 5) is 37.5. The Balaban J connectivity index is 2.24. The SMILES string of the molecule is CCCCn1nc(C(=O)N(CCC(N)=O)Cc2ccccc2)ccc1=O. The molecule has 26 heavy (non-hydrogen) atoms. The van der Waals surface area contributed by atoms with Gasteiger partial charge in [-0.15, -0.1) is 0 Å². The van der Waals surface area contributed by atoms with Gasteiger partial charge in [-0.3, -0.25) is 14.4 Å². The van der Waals surface area contributed by atoms with E-state index in [1.165, 1.54) is 21.7 Å². The molecule has 2 amide bonds. The van der Waals surface area contributed by atoms with Gasteiger partial charge in [0.05, 0.1) is 0 Å². The zero-order chi connectivity index (χ0) is 18.9. The molecular weight excluding hydrogens is 332 g/mol. The summed E-state index contributed by atoms with van der Waals surface area (Å²) in [6, 6.07) is 12.2. The molecule has 2 N–H and O–H groups in total. The Hall–Kier alpha value is -2.96. The number of aryl methyl sites for hydroxylation is 1. The lowest BCUT2D eigenvalue weighted by atomic mass is 10.2. The number of carbonyl (C=O) groups excluding carboxylic acids is 2. The topological polar surface area (TPSA) is 98.3 Å². The van der Waals surface area contributed by atoms with Crippen LogP contribution in [0.5, 0.6) is 0 Å². The number of benzene rings is 1. The number of rotatable bonds is 9. The minimum Gasteiger partial charge on any atom is -0.370 e. The van der Waals surface area contributed by atoms with Crippen LogP contribution in [0.15, 0.2) is 47.3 Å². The molecule has 0 bridgehead atoms. The van der Waals surface area contributed by atoms with Gasteiger partial charge in [-0.1, -0.05) is 43.7 Å². The molecule has 0 aliphatic rings. The van der Waals surface area contributed by atoms with E-state index in [9.17, 15) is 14.4 Å². The summed E-state index contributed by atoms with van der Waals surface area (Å²) in [5.74, 6) is -0.808. The molecule has 0 fully saturated rings. The monoisotopic (exact) mass is 356 g/mol. The number of primary amides is 1. The molecule has 1 heterocycles. The van der Waals surface area contributed by atoms with Gasteiger partial charge < -0.3 is 10.6 Å². The Morgan fingerprint density at radius 1 is 1.15 bits per heavy atom. The molecule has 2 rings (SSSR count). The average molecular weight is 356 g/mol. The van der Waals surface area contributed by atoms with Gasteiger partial charge in [-0.25, -0.2) is 4.68 Å². The largest absolute Gasteiger partial charge is 0.370 e. The van der Waals surface area contributed by atoms with Gasteiger partial charge in [0.2, 0.25) is 5.91 Å². The number of hydrogen-bond acceptors (Lipinski definition) is 4. The number of carbonyl (C=O) groups is 2. The van der Waals surface area contributed by atoms with Crippen LogP contribution in [-0.2, 0) is 17.9 Å². The second-order valence-corrected chi connectivity index (χ2v) is 6.06. The smallest absolute Gasteiger partial charge is 0.274 e. The Bertz CT molecular complexity index is 802. The Kier molecular flexibility index (Phi) is 7.08. The molecule has 0 saturated heterocycles. The first-order valence-electron chi connectivity index (χ1n) is 8.71. The molecule has 1 aromatic heterocycles. The lowest BCUT2D eigenvalue weighted by molar-refractivity contribution is -0.118. The van der Waals surface area contributed by atoms with Crippen LogP contribution in [0.3, 0.4) is 0 Å². The maximum atomic E-state index is 12.9. The van der Waals surface area contributed by atoms with E-state index in [1.54, 1.807) is 0 Å². The summed E-state index contributed by atoms with van der Waals surface area (Å²) in [7, 11) is 0. The van der Waals surface area contributed by atoms with Gasteiger partial charge in [-0.2, -0.15) is 5.10 Å². The zero-order valence-electron chi connectivity index (χ0n) is 14.9.